The molecule has 0 unspecified atom stereocenters. The molecule has 0 aliphatic rings. The molecule has 0 fully saturated rings. The summed E-state index contributed by atoms with van der Waals surface area (Å²) in [5, 5.41) is 6.42. The molecular formula is C16H20FN3O3. The third-order valence-electron chi connectivity index (χ3n) is 3.45. The van der Waals surface area contributed by atoms with E-state index < -0.39 is 0 Å². The second kappa shape index (κ2) is 7.73. The molecule has 0 saturated heterocycles. The minimum atomic E-state index is -0.358. The smallest absolute Gasteiger partial charge is 0.242 e. The lowest BCUT2D eigenvalue weighted by Gasteiger charge is -2.23. The highest BCUT2D eigenvalue weighted by atomic mass is 19.1. The summed E-state index contributed by atoms with van der Waals surface area (Å²) in [4.78, 5) is 14.0. The Bertz CT molecular complexity index is 642. The minimum Gasteiger partial charge on any atom is -0.492 e. The predicted octanol–water partition coefficient (Wildman–Crippen LogP) is 2.46. The molecule has 1 atom stereocenters. The first-order valence-corrected chi connectivity index (χ1v) is 7.28. The van der Waals surface area contributed by atoms with Gasteiger partial charge in [0.15, 0.2) is 5.82 Å². The van der Waals surface area contributed by atoms with Crippen molar-refractivity contribution in [3.8, 4) is 5.75 Å². The SMILES string of the molecule is Cc1cc(NC(=O)[C@H](C)N(C)CCOc2ccc(F)cc2)no1. The Labute approximate surface area is 134 Å². The van der Waals surface area contributed by atoms with Crippen molar-refractivity contribution in [2.75, 3.05) is 25.5 Å². The first-order chi connectivity index (χ1) is 11.0. The van der Waals surface area contributed by atoms with E-state index >= 15 is 0 Å². The van der Waals surface area contributed by atoms with E-state index in [2.05, 4.69) is 10.5 Å². The van der Waals surface area contributed by atoms with Gasteiger partial charge < -0.3 is 14.6 Å². The quantitative estimate of drug-likeness (QED) is 0.848. The zero-order chi connectivity index (χ0) is 16.8. The van der Waals surface area contributed by atoms with Crippen LogP contribution >= 0.6 is 0 Å². The Hall–Kier alpha value is -2.41. The summed E-state index contributed by atoms with van der Waals surface area (Å²) in [5.41, 5.74) is 0. The van der Waals surface area contributed by atoms with Crippen molar-refractivity contribution in [3.05, 3.63) is 41.9 Å². The number of aryl methyl sites for hydroxylation is 1. The lowest BCUT2D eigenvalue weighted by Crippen LogP contribution is -2.41. The van der Waals surface area contributed by atoms with Crippen LogP contribution in [-0.2, 0) is 4.79 Å². The number of anilines is 1. The van der Waals surface area contributed by atoms with Gasteiger partial charge in [-0.3, -0.25) is 9.69 Å². The fraction of sp³-hybridized carbons (Fsp3) is 0.375. The second-order valence-electron chi connectivity index (χ2n) is 5.27. The van der Waals surface area contributed by atoms with Crippen LogP contribution < -0.4 is 10.1 Å². The number of carbonyl (C=O) groups excluding carboxylic acids is 1. The number of amides is 1. The predicted molar refractivity (Wildman–Crippen MR) is 83.9 cm³/mol. The number of likely N-dealkylation sites (N-methyl/N-ethyl adjacent to an activating group) is 1. The van der Waals surface area contributed by atoms with Crippen LogP contribution in [0.15, 0.2) is 34.9 Å². The minimum absolute atomic E-state index is 0.178. The molecule has 0 saturated carbocycles. The summed E-state index contributed by atoms with van der Waals surface area (Å²) >= 11 is 0. The number of hydrogen-bond acceptors (Lipinski definition) is 5. The van der Waals surface area contributed by atoms with Gasteiger partial charge >= 0.3 is 0 Å². The average Bonchev–Trinajstić information content (AvgIpc) is 2.93. The Balaban J connectivity index is 1.76. The van der Waals surface area contributed by atoms with Crippen LogP contribution in [0.4, 0.5) is 10.2 Å². The van der Waals surface area contributed by atoms with Gasteiger partial charge in [0.1, 0.15) is 23.9 Å². The molecule has 2 aromatic rings. The summed E-state index contributed by atoms with van der Waals surface area (Å²) < 4.78 is 23.2. The van der Waals surface area contributed by atoms with E-state index in [9.17, 15) is 9.18 Å². The van der Waals surface area contributed by atoms with Crippen LogP contribution in [0.25, 0.3) is 0 Å². The molecule has 1 heterocycles. The fourth-order valence-corrected chi connectivity index (χ4v) is 1.89. The van der Waals surface area contributed by atoms with E-state index in [1.165, 1.54) is 12.1 Å². The number of nitrogens with one attached hydrogen (secondary N) is 1. The number of halogens is 1. The van der Waals surface area contributed by atoms with E-state index in [1.807, 2.05) is 11.9 Å². The van der Waals surface area contributed by atoms with E-state index in [4.69, 9.17) is 9.26 Å². The third-order valence-corrected chi connectivity index (χ3v) is 3.45. The van der Waals surface area contributed by atoms with Crippen LogP contribution in [0.5, 0.6) is 5.75 Å². The third kappa shape index (κ3) is 5.07. The number of nitrogens with zero attached hydrogens (tertiary/aromatic N) is 2. The maximum Gasteiger partial charge on any atom is 0.242 e. The monoisotopic (exact) mass is 321 g/mol. The number of ether oxygens (including phenoxy) is 1. The average molecular weight is 321 g/mol. The van der Waals surface area contributed by atoms with Crippen LogP contribution in [0, 0.1) is 12.7 Å². The molecule has 2 rings (SSSR count). The lowest BCUT2D eigenvalue weighted by molar-refractivity contribution is -0.120. The van der Waals surface area contributed by atoms with Crippen LogP contribution in [0.2, 0.25) is 0 Å². The summed E-state index contributed by atoms with van der Waals surface area (Å²) in [7, 11) is 1.83. The summed E-state index contributed by atoms with van der Waals surface area (Å²) in [6, 6.07) is 7.12. The Morgan fingerprint density at radius 1 is 1.43 bits per heavy atom. The molecular weight excluding hydrogens is 301 g/mol. The van der Waals surface area contributed by atoms with Crippen molar-refractivity contribution < 1.29 is 18.4 Å². The molecule has 124 valence electrons. The van der Waals surface area contributed by atoms with E-state index in [1.54, 1.807) is 32.0 Å². The van der Waals surface area contributed by atoms with Crippen molar-refractivity contribution >= 4 is 11.7 Å². The molecule has 0 bridgehead atoms. The van der Waals surface area contributed by atoms with Gasteiger partial charge in [-0.2, -0.15) is 0 Å². The van der Waals surface area contributed by atoms with Crippen LogP contribution in [0.3, 0.4) is 0 Å². The number of aromatic nitrogens is 1. The molecule has 1 aromatic heterocycles. The van der Waals surface area contributed by atoms with E-state index in [-0.39, 0.29) is 17.8 Å². The fourth-order valence-electron chi connectivity index (χ4n) is 1.89. The molecule has 1 amide bonds. The largest absolute Gasteiger partial charge is 0.492 e. The van der Waals surface area contributed by atoms with Crippen molar-refractivity contribution in [2.45, 2.75) is 19.9 Å². The standard InChI is InChI=1S/C16H20FN3O3/c1-11-10-15(19-23-11)18-16(21)12(2)20(3)8-9-22-14-6-4-13(17)5-7-14/h4-7,10,12H,8-9H2,1-3H3,(H,18,19,21)/t12-/m0/s1. The number of benzene rings is 1. The first kappa shape index (κ1) is 17.0. The number of hydrogen-bond donors (Lipinski definition) is 1. The van der Waals surface area contributed by atoms with Gasteiger partial charge in [-0.05, 0) is 45.2 Å². The van der Waals surface area contributed by atoms with E-state index in [0.29, 0.717) is 30.5 Å². The van der Waals surface area contributed by atoms with Gasteiger partial charge in [-0.15, -0.1) is 0 Å². The van der Waals surface area contributed by atoms with Crippen LogP contribution in [0.1, 0.15) is 12.7 Å². The molecule has 0 aliphatic heterocycles. The topological polar surface area (TPSA) is 67.6 Å². The van der Waals surface area contributed by atoms with Crippen molar-refractivity contribution in [3.63, 3.8) is 0 Å². The molecule has 0 radical (unpaired) electrons. The Kier molecular flexibility index (Phi) is 5.70. The molecule has 1 N–H and O–H groups in total. The molecule has 23 heavy (non-hydrogen) atoms. The van der Waals surface area contributed by atoms with Crippen molar-refractivity contribution in [1.29, 1.82) is 0 Å². The number of carbonyl (C=O) groups is 1. The van der Waals surface area contributed by atoms with E-state index in [0.717, 1.165) is 0 Å². The summed E-state index contributed by atoms with van der Waals surface area (Å²) in [6.07, 6.45) is 0. The Morgan fingerprint density at radius 3 is 2.74 bits per heavy atom. The van der Waals surface area contributed by atoms with Gasteiger partial charge in [-0.1, -0.05) is 5.16 Å². The zero-order valence-corrected chi connectivity index (χ0v) is 13.4. The lowest BCUT2D eigenvalue weighted by atomic mass is 10.2. The normalized spacial score (nSPS) is 12.2. The molecule has 1 aromatic carbocycles. The van der Waals surface area contributed by atoms with Crippen molar-refractivity contribution in [2.24, 2.45) is 0 Å². The van der Waals surface area contributed by atoms with Gasteiger partial charge in [0.25, 0.3) is 0 Å². The molecule has 0 spiro atoms. The maximum absolute atomic E-state index is 12.8. The highest BCUT2D eigenvalue weighted by Gasteiger charge is 2.19. The highest BCUT2D eigenvalue weighted by Crippen LogP contribution is 2.11. The molecule has 6 nitrogen and oxygen atoms in total. The van der Waals surface area contributed by atoms with Crippen LogP contribution in [-0.4, -0.2) is 42.2 Å². The van der Waals surface area contributed by atoms with Gasteiger partial charge in [0.2, 0.25) is 5.91 Å². The molecule has 7 heteroatoms. The number of rotatable bonds is 7. The maximum atomic E-state index is 12.8. The molecule has 0 aliphatic carbocycles. The van der Waals surface area contributed by atoms with Crippen molar-refractivity contribution in [1.82, 2.24) is 10.1 Å². The second-order valence-corrected chi connectivity index (χ2v) is 5.27. The highest BCUT2D eigenvalue weighted by molar-refractivity contribution is 5.93. The first-order valence-electron chi connectivity index (χ1n) is 7.28. The van der Waals surface area contributed by atoms with Gasteiger partial charge in [0, 0.05) is 12.6 Å². The van der Waals surface area contributed by atoms with Gasteiger partial charge in [0.05, 0.1) is 6.04 Å². The zero-order valence-electron chi connectivity index (χ0n) is 13.4. The Morgan fingerprint density at radius 2 is 2.13 bits per heavy atom. The van der Waals surface area contributed by atoms with Gasteiger partial charge in [-0.25, -0.2) is 4.39 Å². The summed E-state index contributed by atoms with van der Waals surface area (Å²) in [6.45, 7) is 4.48. The summed E-state index contributed by atoms with van der Waals surface area (Å²) in [5.74, 6) is 1.14.